The van der Waals surface area contributed by atoms with Gasteiger partial charge < -0.3 is 15.4 Å². The molecule has 0 rings (SSSR count). The van der Waals surface area contributed by atoms with E-state index in [1.165, 1.54) is 11.1 Å². The molecule has 2 unspecified atom stereocenters. The number of rotatable bonds is 17. The van der Waals surface area contributed by atoms with Gasteiger partial charge in [0.05, 0.1) is 6.61 Å². The van der Waals surface area contributed by atoms with Gasteiger partial charge in [-0.25, -0.2) is 0 Å². The highest BCUT2D eigenvalue weighted by atomic mass is 35.5. The Morgan fingerprint density at radius 3 is 2.52 bits per heavy atom. The second-order valence-corrected chi connectivity index (χ2v) is 8.06. The van der Waals surface area contributed by atoms with Gasteiger partial charge in [0.15, 0.2) is 0 Å². The summed E-state index contributed by atoms with van der Waals surface area (Å²) in [5.41, 5.74) is 3.06. The third-order valence-electron chi connectivity index (χ3n) is 5.14. The molecule has 0 heterocycles. The van der Waals surface area contributed by atoms with Gasteiger partial charge in [0.2, 0.25) is 0 Å². The quantitative estimate of drug-likeness (QED) is 0.131. The summed E-state index contributed by atoms with van der Waals surface area (Å²) in [6.07, 6.45) is 14.0. The largest absolute Gasteiger partial charge is 0.381 e. The molecule has 0 aliphatic heterocycles. The van der Waals surface area contributed by atoms with Crippen molar-refractivity contribution >= 4 is 23.2 Å². The lowest BCUT2D eigenvalue weighted by Crippen LogP contribution is -2.42. The number of nitrogens with one attached hydrogen (secondary N) is 2. The van der Waals surface area contributed by atoms with Gasteiger partial charge in [-0.15, -0.1) is 11.6 Å². The second kappa shape index (κ2) is 19.3. The summed E-state index contributed by atoms with van der Waals surface area (Å²) < 4.78 is 5.14. The predicted molar refractivity (Wildman–Crippen MR) is 135 cm³/mol. The SMILES string of the molecule is CC/C=C\C(=N/CCl)C(=O)NC(C)CC(CCCC)NCC(/C=C\COC)=C(\C)CC. The van der Waals surface area contributed by atoms with Crippen molar-refractivity contribution in [1.29, 1.82) is 0 Å². The van der Waals surface area contributed by atoms with Crippen LogP contribution in [-0.2, 0) is 9.53 Å². The van der Waals surface area contributed by atoms with Crippen LogP contribution in [0.15, 0.2) is 40.4 Å². The molecule has 5 nitrogen and oxygen atoms in total. The molecule has 0 saturated carbocycles. The summed E-state index contributed by atoms with van der Waals surface area (Å²) in [5.74, 6) is -0.169. The molecule has 0 radical (unpaired) electrons. The van der Waals surface area contributed by atoms with E-state index in [4.69, 9.17) is 16.3 Å². The highest BCUT2D eigenvalue weighted by Crippen LogP contribution is 2.12. The van der Waals surface area contributed by atoms with Crippen molar-refractivity contribution in [1.82, 2.24) is 10.6 Å². The van der Waals surface area contributed by atoms with Crippen molar-refractivity contribution < 1.29 is 9.53 Å². The molecule has 6 heteroatoms. The summed E-state index contributed by atoms with van der Waals surface area (Å²) >= 11 is 5.72. The molecule has 0 bridgehead atoms. The van der Waals surface area contributed by atoms with Gasteiger partial charge in [0, 0.05) is 25.7 Å². The molecule has 0 aromatic heterocycles. The van der Waals surface area contributed by atoms with E-state index < -0.39 is 0 Å². The Labute approximate surface area is 195 Å². The number of nitrogens with zero attached hydrogens (tertiary/aromatic N) is 1. The first-order chi connectivity index (χ1) is 14.9. The lowest BCUT2D eigenvalue weighted by atomic mass is 10.0. The minimum atomic E-state index is -0.169. The molecule has 178 valence electrons. The van der Waals surface area contributed by atoms with Crippen molar-refractivity contribution in [2.45, 2.75) is 85.2 Å². The molecule has 0 spiro atoms. The second-order valence-electron chi connectivity index (χ2n) is 7.82. The molecular weight excluding hydrogens is 410 g/mol. The molecule has 0 aromatic carbocycles. The van der Waals surface area contributed by atoms with Crippen molar-refractivity contribution in [2.75, 3.05) is 26.3 Å². The van der Waals surface area contributed by atoms with Crippen LogP contribution < -0.4 is 10.6 Å². The van der Waals surface area contributed by atoms with Crippen LogP contribution in [-0.4, -0.2) is 50.0 Å². The van der Waals surface area contributed by atoms with Crippen LogP contribution in [0.4, 0.5) is 0 Å². The molecular formula is C25H44ClN3O2. The first-order valence-electron chi connectivity index (χ1n) is 11.6. The zero-order valence-electron chi connectivity index (χ0n) is 20.5. The Kier molecular flexibility index (Phi) is 18.4. The number of alkyl halides is 1. The zero-order valence-corrected chi connectivity index (χ0v) is 21.2. The first kappa shape index (κ1) is 29.6. The summed E-state index contributed by atoms with van der Waals surface area (Å²) in [4.78, 5) is 16.7. The van der Waals surface area contributed by atoms with Gasteiger partial charge in [0.1, 0.15) is 11.7 Å². The maximum Gasteiger partial charge on any atom is 0.269 e. The fraction of sp³-hybridized carbons (Fsp3) is 0.680. The Morgan fingerprint density at radius 2 is 1.94 bits per heavy atom. The van der Waals surface area contributed by atoms with E-state index in [-0.39, 0.29) is 18.0 Å². The smallest absolute Gasteiger partial charge is 0.269 e. The highest BCUT2D eigenvalue weighted by Gasteiger charge is 2.17. The number of carbonyl (C=O) groups excluding carboxylic acids is 1. The number of hydrogen-bond acceptors (Lipinski definition) is 4. The average Bonchev–Trinajstić information content (AvgIpc) is 2.76. The minimum Gasteiger partial charge on any atom is -0.381 e. The molecule has 2 N–H and O–H groups in total. The summed E-state index contributed by atoms with van der Waals surface area (Å²) in [6, 6.07) is 0.431. The van der Waals surface area contributed by atoms with Crippen LogP contribution in [0.1, 0.15) is 73.1 Å². The average molecular weight is 454 g/mol. The Bertz CT molecular complexity index is 612. The van der Waals surface area contributed by atoms with Gasteiger partial charge in [-0.05, 0) is 51.2 Å². The van der Waals surface area contributed by atoms with Crippen molar-refractivity contribution in [3.05, 3.63) is 35.5 Å². The molecule has 0 aromatic rings. The normalized spacial score (nSPS) is 15.4. The molecule has 0 saturated heterocycles. The lowest BCUT2D eigenvalue weighted by molar-refractivity contribution is -0.115. The van der Waals surface area contributed by atoms with E-state index in [9.17, 15) is 4.79 Å². The standard InChI is InChI=1S/C25H44ClN3O2/c1-7-10-14-23(27-18-22(20(4)9-3)13-12-16-31-6)17-21(5)29-25(30)24(28-19-26)15-11-8-2/h11-13,15,21,23,27H,7-10,14,16-19H2,1-6H3,(H,29,30)/b13-12-,15-11-,22-20+,28-24+. The molecule has 31 heavy (non-hydrogen) atoms. The van der Waals surface area contributed by atoms with Gasteiger partial charge in [-0.1, -0.05) is 57.4 Å². The maximum atomic E-state index is 12.6. The third-order valence-corrected chi connectivity index (χ3v) is 5.26. The number of hydrogen-bond donors (Lipinski definition) is 2. The van der Waals surface area contributed by atoms with E-state index in [0.717, 1.165) is 45.1 Å². The van der Waals surface area contributed by atoms with Gasteiger partial charge in [0.25, 0.3) is 5.91 Å². The van der Waals surface area contributed by atoms with Gasteiger partial charge >= 0.3 is 0 Å². The van der Waals surface area contributed by atoms with Crippen molar-refractivity contribution in [2.24, 2.45) is 4.99 Å². The summed E-state index contributed by atoms with van der Waals surface area (Å²) in [6.45, 7) is 12.1. The molecule has 0 aliphatic carbocycles. The Morgan fingerprint density at radius 1 is 1.19 bits per heavy atom. The van der Waals surface area contributed by atoms with Crippen LogP contribution in [0.2, 0.25) is 0 Å². The third kappa shape index (κ3) is 14.3. The molecule has 1 amide bonds. The molecule has 2 atom stereocenters. The van der Waals surface area contributed by atoms with E-state index in [1.807, 2.05) is 19.9 Å². The van der Waals surface area contributed by atoms with E-state index in [0.29, 0.717) is 18.4 Å². The van der Waals surface area contributed by atoms with E-state index in [1.54, 1.807) is 13.2 Å². The summed E-state index contributed by atoms with van der Waals surface area (Å²) in [7, 11) is 1.70. The number of amides is 1. The number of unbranched alkanes of at least 4 members (excludes halogenated alkanes) is 1. The number of methoxy groups -OCH3 is 1. The maximum absolute atomic E-state index is 12.6. The Balaban J connectivity index is 5.08. The topological polar surface area (TPSA) is 62.7 Å². The highest BCUT2D eigenvalue weighted by molar-refractivity contribution is 6.43. The Hall–Kier alpha value is -1.43. The van der Waals surface area contributed by atoms with Gasteiger partial charge in [-0.2, -0.15) is 0 Å². The van der Waals surface area contributed by atoms with Crippen molar-refractivity contribution in [3.8, 4) is 0 Å². The zero-order chi connectivity index (χ0) is 23.5. The molecule has 0 aliphatic rings. The van der Waals surface area contributed by atoms with Crippen LogP contribution in [0.3, 0.4) is 0 Å². The molecule has 0 fully saturated rings. The van der Waals surface area contributed by atoms with Crippen LogP contribution in [0, 0.1) is 0 Å². The fourth-order valence-corrected chi connectivity index (χ4v) is 3.28. The predicted octanol–water partition coefficient (Wildman–Crippen LogP) is 5.56. The lowest BCUT2D eigenvalue weighted by Gasteiger charge is -2.24. The summed E-state index contributed by atoms with van der Waals surface area (Å²) in [5, 5.41) is 6.80. The fourth-order valence-electron chi connectivity index (χ4n) is 3.15. The van der Waals surface area contributed by atoms with Crippen LogP contribution in [0.5, 0.6) is 0 Å². The first-order valence-corrected chi connectivity index (χ1v) is 12.1. The van der Waals surface area contributed by atoms with Crippen LogP contribution >= 0.6 is 11.6 Å². The van der Waals surface area contributed by atoms with Crippen LogP contribution in [0.25, 0.3) is 0 Å². The minimum absolute atomic E-state index is 0.0288. The van der Waals surface area contributed by atoms with Gasteiger partial charge in [-0.3, -0.25) is 9.79 Å². The number of allylic oxidation sites excluding steroid dienone is 2. The number of carbonyl (C=O) groups is 1. The van der Waals surface area contributed by atoms with Crippen molar-refractivity contribution in [3.63, 3.8) is 0 Å². The monoisotopic (exact) mass is 453 g/mol. The van der Waals surface area contributed by atoms with E-state index >= 15 is 0 Å². The van der Waals surface area contributed by atoms with E-state index in [2.05, 4.69) is 48.5 Å². The number of halogens is 1. The number of aliphatic imine (C=N–C) groups is 1. The number of ether oxygens (including phenoxy) is 1.